The van der Waals surface area contributed by atoms with E-state index in [4.69, 9.17) is 9.84 Å². The third-order valence-corrected chi connectivity index (χ3v) is 2.79. The van der Waals surface area contributed by atoms with Crippen molar-refractivity contribution in [3.8, 4) is 0 Å². The Morgan fingerprint density at radius 1 is 1.38 bits per heavy atom. The van der Waals surface area contributed by atoms with Gasteiger partial charge in [0, 0.05) is 18.2 Å². The van der Waals surface area contributed by atoms with Gasteiger partial charge in [-0.1, -0.05) is 6.07 Å². The number of benzene rings is 1. The van der Waals surface area contributed by atoms with Crippen LogP contribution in [0.2, 0.25) is 0 Å². The highest BCUT2D eigenvalue weighted by atomic mass is 16.5. The summed E-state index contributed by atoms with van der Waals surface area (Å²) in [5, 5.41) is 11.4. The summed E-state index contributed by atoms with van der Waals surface area (Å²) in [6, 6.07) is 5.18. The van der Waals surface area contributed by atoms with Crippen molar-refractivity contribution in [2.24, 2.45) is 0 Å². The van der Waals surface area contributed by atoms with Gasteiger partial charge in [-0.05, 0) is 50.1 Å². The highest BCUT2D eigenvalue weighted by Gasteiger charge is 2.07. The first-order valence-electron chi connectivity index (χ1n) is 6.81. The van der Waals surface area contributed by atoms with Crippen LogP contribution >= 0.6 is 0 Å². The smallest absolute Gasteiger partial charge is 0.328 e. The summed E-state index contributed by atoms with van der Waals surface area (Å²) in [4.78, 5) is 22.5. The van der Waals surface area contributed by atoms with Crippen LogP contribution in [0.25, 0.3) is 6.08 Å². The van der Waals surface area contributed by atoms with Crippen LogP contribution in [0.4, 0.5) is 0 Å². The zero-order chi connectivity index (χ0) is 15.8. The van der Waals surface area contributed by atoms with Crippen LogP contribution in [-0.2, 0) is 9.53 Å². The van der Waals surface area contributed by atoms with Gasteiger partial charge in [-0.3, -0.25) is 4.79 Å². The summed E-state index contributed by atoms with van der Waals surface area (Å²) in [5.74, 6) is -1.22. The topological polar surface area (TPSA) is 75.6 Å². The molecule has 0 bridgehead atoms. The molecule has 1 aromatic carbocycles. The molecule has 21 heavy (non-hydrogen) atoms. The number of carbonyl (C=O) groups is 2. The van der Waals surface area contributed by atoms with Crippen LogP contribution in [0.1, 0.15) is 35.3 Å². The zero-order valence-corrected chi connectivity index (χ0v) is 12.6. The van der Waals surface area contributed by atoms with Crippen molar-refractivity contribution in [3.05, 3.63) is 41.0 Å². The van der Waals surface area contributed by atoms with Crippen molar-refractivity contribution in [2.75, 3.05) is 13.2 Å². The Labute approximate surface area is 124 Å². The third kappa shape index (κ3) is 6.23. The summed E-state index contributed by atoms with van der Waals surface area (Å²) in [6.07, 6.45) is 2.67. The molecule has 0 aliphatic heterocycles. The van der Waals surface area contributed by atoms with E-state index in [2.05, 4.69) is 5.32 Å². The molecular formula is C16H21NO4. The number of carboxylic acids is 1. The van der Waals surface area contributed by atoms with Crippen molar-refractivity contribution < 1.29 is 19.4 Å². The quantitative estimate of drug-likeness (QED) is 0.597. The van der Waals surface area contributed by atoms with Gasteiger partial charge >= 0.3 is 5.97 Å². The molecule has 0 atom stereocenters. The number of amides is 1. The molecule has 0 saturated carbocycles. The second kappa shape index (κ2) is 8.21. The Hall–Kier alpha value is -2.14. The van der Waals surface area contributed by atoms with Gasteiger partial charge in [0.05, 0.1) is 12.7 Å². The summed E-state index contributed by atoms with van der Waals surface area (Å²) >= 11 is 0. The number of aryl methyl sites for hydroxylation is 1. The van der Waals surface area contributed by atoms with Crippen LogP contribution in [0.3, 0.4) is 0 Å². The molecule has 0 aliphatic carbocycles. The van der Waals surface area contributed by atoms with Crippen molar-refractivity contribution in [3.63, 3.8) is 0 Å². The van der Waals surface area contributed by atoms with E-state index in [0.29, 0.717) is 24.3 Å². The fraction of sp³-hybridized carbons (Fsp3) is 0.375. The number of ether oxygens (including phenoxy) is 1. The van der Waals surface area contributed by atoms with E-state index in [9.17, 15) is 9.59 Å². The highest BCUT2D eigenvalue weighted by Crippen LogP contribution is 2.13. The predicted octanol–water partition coefficient (Wildman–Crippen LogP) is 2.25. The van der Waals surface area contributed by atoms with E-state index < -0.39 is 5.97 Å². The number of hydrogen-bond acceptors (Lipinski definition) is 3. The molecule has 0 saturated heterocycles. The number of carbonyl (C=O) groups excluding carboxylic acids is 1. The van der Waals surface area contributed by atoms with E-state index in [0.717, 1.165) is 11.6 Å². The standard InChI is InChI=1S/C16H21NO4/c1-11(2)21-9-8-17-16(20)14-5-4-12(3)13(10-14)6-7-15(18)19/h4-7,10-11H,8-9H2,1-3H3,(H,17,20)(H,18,19)/b7-6+. The molecule has 0 fully saturated rings. The average molecular weight is 291 g/mol. The molecule has 114 valence electrons. The normalized spacial score (nSPS) is 11.0. The van der Waals surface area contributed by atoms with E-state index >= 15 is 0 Å². The summed E-state index contributed by atoms with van der Waals surface area (Å²) in [6.45, 7) is 6.62. The van der Waals surface area contributed by atoms with Gasteiger partial charge in [-0.15, -0.1) is 0 Å². The van der Waals surface area contributed by atoms with E-state index in [1.54, 1.807) is 18.2 Å². The lowest BCUT2D eigenvalue weighted by Crippen LogP contribution is -2.28. The largest absolute Gasteiger partial charge is 0.478 e. The van der Waals surface area contributed by atoms with Gasteiger partial charge in [0.1, 0.15) is 0 Å². The molecule has 2 N–H and O–H groups in total. The fourth-order valence-corrected chi connectivity index (χ4v) is 1.68. The monoisotopic (exact) mass is 291 g/mol. The molecule has 1 amide bonds. The van der Waals surface area contributed by atoms with E-state index in [-0.39, 0.29) is 12.0 Å². The first-order valence-corrected chi connectivity index (χ1v) is 6.81. The molecular weight excluding hydrogens is 270 g/mol. The Bertz CT molecular complexity index is 535. The molecule has 0 spiro atoms. The van der Waals surface area contributed by atoms with Crippen molar-refractivity contribution >= 4 is 18.0 Å². The summed E-state index contributed by atoms with van der Waals surface area (Å²) in [5.41, 5.74) is 2.12. The molecule has 0 unspecified atom stereocenters. The Morgan fingerprint density at radius 3 is 2.71 bits per heavy atom. The number of aliphatic carboxylic acids is 1. The Balaban J connectivity index is 2.68. The maximum absolute atomic E-state index is 12.0. The first kappa shape index (κ1) is 16.9. The molecule has 0 heterocycles. The Kier molecular flexibility index (Phi) is 6.62. The van der Waals surface area contributed by atoms with E-state index in [1.165, 1.54) is 6.08 Å². The van der Waals surface area contributed by atoms with Crippen molar-refractivity contribution in [2.45, 2.75) is 26.9 Å². The molecule has 1 rings (SSSR count). The maximum atomic E-state index is 12.0. The number of hydrogen-bond donors (Lipinski definition) is 2. The van der Waals surface area contributed by atoms with Gasteiger partial charge in [0.25, 0.3) is 5.91 Å². The molecule has 5 heteroatoms. The van der Waals surface area contributed by atoms with Crippen molar-refractivity contribution in [1.82, 2.24) is 5.32 Å². The van der Waals surface area contributed by atoms with Gasteiger partial charge in [0.2, 0.25) is 0 Å². The second-order valence-electron chi connectivity index (χ2n) is 4.92. The van der Waals surface area contributed by atoms with Gasteiger partial charge < -0.3 is 15.2 Å². The lowest BCUT2D eigenvalue weighted by molar-refractivity contribution is -0.131. The zero-order valence-electron chi connectivity index (χ0n) is 12.6. The minimum absolute atomic E-state index is 0.133. The number of nitrogens with one attached hydrogen (secondary N) is 1. The molecule has 0 aliphatic rings. The van der Waals surface area contributed by atoms with Crippen molar-refractivity contribution in [1.29, 1.82) is 0 Å². The van der Waals surface area contributed by atoms with Crippen LogP contribution in [-0.4, -0.2) is 36.2 Å². The fourth-order valence-electron chi connectivity index (χ4n) is 1.68. The van der Waals surface area contributed by atoms with Crippen LogP contribution in [0.15, 0.2) is 24.3 Å². The number of rotatable bonds is 7. The first-order chi connectivity index (χ1) is 9.90. The highest BCUT2D eigenvalue weighted by molar-refractivity contribution is 5.95. The summed E-state index contributed by atoms with van der Waals surface area (Å²) < 4.78 is 5.34. The average Bonchev–Trinajstić information content (AvgIpc) is 2.42. The molecule has 1 aromatic rings. The number of carboxylic acid groups (broad SMARTS) is 1. The third-order valence-electron chi connectivity index (χ3n) is 2.79. The lowest BCUT2D eigenvalue weighted by Gasteiger charge is -2.09. The predicted molar refractivity (Wildman–Crippen MR) is 81.3 cm³/mol. The lowest BCUT2D eigenvalue weighted by atomic mass is 10.0. The van der Waals surface area contributed by atoms with Gasteiger partial charge in [-0.2, -0.15) is 0 Å². The minimum Gasteiger partial charge on any atom is -0.478 e. The van der Waals surface area contributed by atoms with Gasteiger partial charge in [-0.25, -0.2) is 4.79 Å². The van der Waals surface area contributed by atoms with E-state index in [1.807, 2.05) is 20.8 Å². The Morgan fingerprint density at radius 2 is 2.10 bits per heavy atom. The van der Waals surface area contributed by atoms with Crippen LogP contribution < -0.4 is 5.32 Å². The second-order valence-corrected chi connectivity index (χ2v) is 4.92. The molecule has 0 aromatic heterocycles. The maximum Gasteiger partial charge on any atom is 0.328 e. The minimum atomic E-state index is -1.02. The van der Waals surface area contributed by atoms with Crippen LogP contribution in [0, 0.1) is 6.92 Å². The van der Waals surface area contributed by atoms with Crippen LogP contribution in [0.5, 0.6) is 0 Å². The van der Waals surface area contributed by atoms with Gasteiger partial charge in [0.15, 0.2) is 0 Å². The molecule has 5 nitrogen and oxygen atoms in total. The summed E-state index contributed by atoms with van der Waals surface area (Å²) in [7, 11) is 0. The SMILES string of the molecule is Cc1ccc(C(=O)NCCOC(C)C)cc1/C=C/C(=O)O. The molecule has 0 radical (unpaired) electrons.